The summed E-state index contributed by atoms with van der Waals surface area (Å²) < 4.78 is 2.28. The molecule has 1 atom stereocenters. The zero-order valence-corrected chi connectivity index (χ0v) is 13.8. The summed E-state index contributed by atoms with van der Waals surface area (Å²) in [5.41, 5.74) is 1.28. The Morgan fingerprint density at radius 3 is 2.71 bits per heavy atom. The summed E-state index contributed by atoms with van der Waals surface area (Å²) in [5.74, 6) is 0. The fraction of sp³-hybridized carbons (Fsp3) is 0.538. The third kappa shape index (κ3) is 5.51. The van der Waals surface area contributed by atoms with Gasteiger partial charge in [0.15, 0.2) is 0 Å². The van der Waals surface area contributed by atoms with Gasteiger partial charge in [0, 0.05) is 28.1 Å². The van der Waals surface area contributed by atoms with Crippen molar-refractivity contribution in [3.05, 3.63) is 32.7 Å². The normalized spacial score (nSPS) is 13.1. The summed E-state index contributed by atoms with van der Waals surface area (Å²) in [7, 11) is 2.15. The summed E-state index contributed by atoms with van der Waals surface area (Å²) in [6.45, 7) is 7.45. The van der Waals surface area contributed by atoms with Crippen molar-refractivity contribution >= 4 is 31.9 Å². The molecule has 0 aliphatic rings. The summed E-state index contributed by atoms with van der Waals surface area (Å²) in [5, 5.41) is 3.54. The quantitative estimate of drug-likeness (QED) is 0.829. The third-order valence-corrected chi connectivity index (χ3v) is 4.04. The van der Waals surface area contributed by atoms with E-state index in [1.807, 2.05) is 6.07 Å². The molecule has 0 fully saturated rings. The van der Waals surface area contributed by atoms with E-state index in [-0.39, 0.29) is 0 Å². The lowest BCUT2D eigenvalue weighted by atomic mass is 10.2. The number of rotatable bonds is 6. The molecule has 96 valence electrons. The number of nitrogens with zero attached hydrogens (tertiary/aromatic N) is 1. The number of halogens is 2. The highest BCUT2D eigenvalue weighted by atomic mass is 79.9. The molecule has 1 rings (SSSR count). The van der Waals surface area contributed by atoms with Gasteiger partial charge in [-0.05, 0) is 44.3 Å². The van der Waals surface area contributed by atoms with Crippen LogP contribution in [-0.2, 0) is 6.54 Å². The van der Waals surface area contributed by atoms with Gasteiger partial charge in [0.1, 0.15) is 0 Å². The van der Waals surface area contributed by atoms with E-state index in [2.05, 4.69) is 75.1 Å². The minimum atomic E-state index is 0.492. The predicted molar refractivity (Wildman–Crippen MR) is 81.3 cm³/mol. The molecule has 0 aliphatic heterocycles. The molecule has 0 saturated heterocycles. The molecular weight excluding hydrogens is 344 g/mol. The number of nitrogens with one attached hydrogen (secondary N) is 1. The van der Waals surface area contributed by atoms with Crippen LogP contribution in [-0.4, -0.2) is 31.1 Å². The van der Waals surface area contributed by atoms with Crippen LogP contribution in [0, 0.1) is 0 Å². The van der Waals surface area contributed by atoms with Gasteiger partial charge in [-0.2, -0.15) is 0 Å². The molecule has 0 saturated carbocycles. The Morgan fingerprint density at radius 1 is 1.35 bits per heavy atom. The van der Waals surface area contributed by atoms with Gasteiger partial charge in [0.25, 0.3) is 0 Å². The topological polar surface area (TPSA) is 15.3 Å². The monoisotopic (exact) mass is 362 g/mol. The summed E-state index contributed by atoms with van der Waals surface area (Å²) >= 11 is 7.07. The Hall–Kier alpha value is 0.1000. The van der Waals surface area contributed by atoms with Crippen molar-refractivity contribution in [3.63, 3.8) is 0 Å². The molecule has 0 bridgehead atoms. The van der Waals surface area contributed by atoms with E-state index in [0.29, 0.717) is 6.04 Å². The summed E-state index contributed by atoms with van der Waals surface area (Å²) in [6.07, 6.45) is 0. The van der Waals surface area contributed by atoms with Crippen molar-refractivity contribution in [1.82, 2.24) is 10.2 Å². The van der Waals surface area contributed by atoms with Crippen LogP contribution in [0.15, 0.2) is 27.1 Å². The summed E-state index contributed by atoms with van der Waals surface area (Å²) in [4.78, 5) is 2.31. The molecule has 1 aromatic carbocycles. The number of likely N-dealkylation sites (N-methyl/N-ethyl adjacent to an activating group) is 1. The summed E-state index contributed by atoms with van der Waals surface area (Å²) in [6, 6.07) is 6.75. The zero-order chi connectivity index (χ0) is 12.8. The minimum Gasteiger partial charge on any atom is -0.309 e. The van der Waals surface area contributed by atoms with Crippen LogP contribution in [0.4, 0.5) is 0 Å². The van der Waals surface area contributed by atoms with E-state index in [1.54, 1.807) is 0 Å². The second kappa shape index (κ2) is 7.52. The van der Waals surface area contributed by atoms with Crippen LogP contribution < -0.4 is 5.32 Å². The lowest BCUT2D eigenvalue weighted by molar-refractivity contribution is 0.309. The van der Waals surface area contributed by atoms with Gasteiger partial charge in [-0.25, -0.2) is 0 Å². The van der Waals surface area contributed by atoms with Crippen LogP contribution in [0.1, 0.15) is 19.4 Å². The van der Waals surface area contributed by atoms with Gasteiger partial charge in [-0.3, -0.25) is 0 Å². The molecular formula is C13H20Br2N2. The van der Waals surface area contributed by atoms with Gasteiger partial charge >= 0.3 is 0 Å². The fourth-order valence-electron chi connectivity index (χ4n) is 1.62. The van der Waals surface area contributed by atoms with Gasteiger partial charge in [0.05, 0.1) is 0 Å². The first-order chi connectivity index (χ1) is 8.02. The maximum absolute atomic E-state index is 3.57. The lowest BCUT2D eigenvalue weighted by Gasteiger charge is -2.21. The molecule has 1 unspecified atom stereocenters. The SMILES string of the molecule is CCN(C)CC(C)NCc1cc(Br)ccc1Br. The van der Waals surface area contributed by atoms with Crippen molar-refractivity contribution < 1.29 is 0 Å². The third-order valence-electron chi connectivity index (χ3n) is 2.77. The van der Waals surface area contributed by atoms with Crippen LogP contribution in [0.3, 0.4) is 0 Å². The van der Waals surface area contributed by atoms with E-state index in [1.165, 1.54) is 5.56 Å². The van der Waals surface area contributed by atoms with E-state index in [0.717, 1.165) is 28.6 Å². The maximum atomic E-state index is 3.57. The Bertz CT molecular complexity index is 355. The Balaban J connectivity index is 2.47. The Labute approximate surface area is 121 Å². The molecule has 4 heteroatoms. The first-order valence-corrected chi connectivity index (χ1v) is 7.47. The van der Waals surface area contributed by atoms with E-state index < -0.39 is 0 Å². The fourth-order valence-corrected chi connectivity index (χ4v) is 2.42. The highest BCUT2D eigenvalue weighted by Gasteiger charge is 2.06. The van der Waals surface area contributed by atoms with Gasteiger partial charge < -0.3 is 10.2 Å². The number of benzene rings is 1. The molecule has 0 heterocycles. The van der Waals surface area contributed by atoms with Crippen molar-refractivity contribution in [2.75, 3.05) is 20.1 Å². The largest absolute Gasteiger partial charge is 0.309 e. The first-order valence-electron chi connectivity index (χ1n) is 5.88. The molecule has 1 aromatic rings. The van der Waals surface area contributed by atoms with Crippen LogP contribution >= 0.6 is 31.9 Å². The molecule has 0 amide bonds. The Morgan fingerprint density at radius 2 is 2.06 bits per heavy atom. The van der Waals surface area contributed by atoms with Crippen LogP contribution in [0.5, 0.6) is 0 Å². The Kier molecular flexibility index (Phi) is 6.70. The standard InChI is InChI=1S/C13H20Br2N2/c1-4-17(3)9-10(2)16-8-11-7-12(14)5-6-13(11)15/h5-7,10,16H,4,8-9H2,1-3H3. The average Bonchev–Trinajstić information content (AvgIpc) is 2.30. The van der Waals surface area contributed by atoms with Gasteiger partial charge in [-0.15, -0.1) is 0 Å². The van der Waals surface area contributed by atoms with Crippen molar-refractivity contribution in [2.45, 2.75) is 26.4 Å². The maximum Gasteiger partial charge on any atom is 0.0221 e. The molecule has 0 radical (unpaired) electrons. The zero-order valence-electron chi connectivity index (χ0n) is 10.6. The predicted octanol–water partition coefficient (Wildman–Crippen LogP) is 3.64. The number of hydrogen-bond donors (Lipinski definition) is 1. The van der Waals surface area contributed by atoms with E-state index in [4.69, 9.17) is 0 Å². The molecule has 0 spiro atoms. The van der Waals surface area contributed by atoms with Crippen LogP contribution in [0.2, 0.25) is 0 Å². The average molecular weight is 364 g/mol. The second-order valence-corrected chi connectivity index (χ2v) is 6.14. The van der Waals surface area contributed by atoms with Crippen molar-refractivity contribution in [2.24, 2.45) is 0 Å². The van der Waals surface area contributed by atoms with Gasteiger partial charge in [0.2, 0.25) is 0 Å². The molecule has 17 heavy (non-hydrogen) atoms. The molecule has 1 N–H and O–H groups in total. The second-order valence-electron chi connectivity index (χ2n) is 4.37. The highest BCUT2D eigenvalue weighted by molar-refractivity contribution is 9.11. The molecule has 0 aromatic heterocycles. The lowest BCUT2D eigenvalue weighted by Crippen LogP contribution is -2.36. The van der Waals surface area contributed by atoms with Crippen LogP contribution in [0.25, 0.3) is 0 Å². The van der Waals surface area contributed by atoms with Crippen molar-refractivity contribution in [3.8, 4) is 0 Å². The minimum absolute atomic E-state index is 0.492. The smallest absolute Gasteiger partial charge is 0.0221 e. The van der Waals surface area contributed by atoms with E-state index in [9.17, 15) is 0 Å². The molecule has 0 aliphatic carbocycles. The van der Waals surface area contributed by atoms with Crippen molar-refractivity contribution in [1.29, 1.82) is 0 Å². The first kappa shape index (κ1) is 15.2. The highest BCUT2D eigenvalue weighted by Crippen LogP contribution is 2.21. The van der Waals surface area contributed by atoms with E-state index >= 15 is 0 Å². The number of hydrogen-bond acceptors (Lipinski definition) is 2. The molecule has 2 nitrogen and oxygen atoms in total. The van der Waals surface area contributed by atoms with Gasteiger partial charge in [-0.1, -0.05) is 38.8 Å².